The van der Waals surface area contributed by atoms with E-state index in [9.17, 15) is 9.90 Å². The number of nitrogens with zero attached hydrogens (tertiary/aromatic N) is 2. The molecule has 1 aromatic carbocycles. The van der Waals surface area contributed by atoms with Gasteiger partial charge in [0.2, 0.25) is 5.91 Å². The van der Waals surface area contributed by atoms with Crippen molar-refractivity contribution in [2.75, 3.05) is 19.6 Å². The van der Waals surface area contributed by atoms with Crippen LogP contribution in [-0.2, 0) is 17.9 Å². The van der Waals surface area contributed by atoms with Gasteiger partial charge in [-0.15, -0.1) is 0 Å². The Morgan fingerprint density at radius 2 is 1.76 bits per heavy atom. The fourth-order valence-electron chi connectivity index (χ4n) is 3.83. The quantitative estimate of drug-likeness (QED) is 0.392. The van der Waals surface area contributed by atoms with Crippen LogP contribution in [0.25, 0.3) is 0 Å². The molecule has 6 nitrogen and oxygen atoms in total. The van der Waals surface area contributed by atoms with E-state index < -0.39 is 5.60 Å². The Morgan fingerprint density at radius 1 is 1.10 bits per heavy atom. The highest BCUT2D eigenvalue weighted by Gasteiger charge is 2.25. The van der Waals surface area contributed by atoms with Gasteiger partial charge < -0.3 is 20.6 Å². The third-order valence-corrected chi connectivity index (χ3v) is 5.35. The SMILES string of the molecule is CCCC(O)(CCC)CNC(=NCc1ccc(CN2CCCC2=O)cc1)NCC. The van der Waals surface area contributed by atoms with Crippen LogP contribution in [0.1, 0.15) is 70.4 Å². The number of amides is 1. The molecule has 1 aliphatic rings. The predicted molar refractivity (Wildman–Crippen MR) is 119 cm³/mol. The van der Waals surface area contributed by atoms with E-state index in [1.807, 2.05) is 11.8 Å². The number of guanidine groups is 1. The van der Waals surface area contributed by atoms with Crippen molar-refractivity contribution in [1.82, 2.24) is 15.5 Å². The summed E-state index contributed by atoms with van der Waals surface area (Å²) in [6, 6.07) is 8.32. The standard InChI is InChI=1S/C23H38N4O2/c1-4-13-23(29,14-5-2)18-26-22(24-6-3)25-16-19-9-11-20(12-10-19)17-27-15-7-8-21(27)28/h9-12,29H,4-8,13-18H2,1-3H3,(H2,24,25,26). The van der Waals surface area contributed by atoms with Gasteiger partial charge in [-0.2, -0.15) is 0 Å². The Labute approximate surface area is 175 Å². The van der Waals surface area contributed by atoms with Gasteiger partial charge in [0.25, 0.3) is 0 Å². The number of aliphatic imine (C=N–C) groups is 1. The van der Waals surface area contributed by atoms with E-state index in [4.69, 9.17) is 0 Å². The molecule has 1 saturated heterocycles. The lowest BCUT2D eigenvalue weighted by atomic mass is 9.93. The van der Waals surface area contributed by atoms with Crippen LogP contribution in [0, 0.1) is 0 Å². The minimum Gasteiger partial charge on any atom is -0.388 e. The van der Waals surface area contributed by atoms with Gasteiger partial charge in [-0.3, -0.25) is 4.79 Å². The highest BCUT2D eigenvalue weighted by atomic mass is 16.3. The maximum atomic E-state index is 11.8. The monoisotopic (exact) mass is 402 g/mol. The van der Waals surface area contributed by atoms with Gasteiger partial charge >= 0.3 is 0 Å². The minimum absolute atomic E-state index is 0.256. The van der Waals surface area contributed by atoms with E-state index in [-0.39, 0.29) is 5.91 Å². The fraction of sp³-hybridized carbons (Fsp3) is 0.652. The molecular formula is C23H38N4O2. The molecule has 29 heavy (non-hydrogen) atoms. The van der Waals surface area contributed by atoms with Crippen LogP contribution < -0.4 is 10.6 Å². The van der Waals surface area contributed by atoms with Gasteiger partial charge in [-0.1, -0.05) is 51.0 Å². The molecule has 3 N–H and O–H groups in total. The number of likely N-dealkylation sites (tertiary alicyclic amines) is 1. The smallest absolute Gasteiger partial charge is 0.222 e. The lowest BCUT2D eigenvalue weighted by molar-refractivity contribution is -0.128. The first-order valence-electron chi connectivity index (χ1n) is 11.1. The first-order chi connectivity index (χ1) is 14.0. The Morgan fingerprint density at radius 3 is 2.31 bits per heavy atom. The normalized spacial score (nSPS) is 15.1. The van der Waals surface area contributed by atoms with E-state index >= 15 is 0 Å². The Bertz CT molecular complexity index is 651. The second kappa shape index (κ2) is 11.8. The van der Waals surface area contributed by atoms with Crippen LogP contribution in [0.15, 0.2) is 29.3 Å². The Hall–Kier alpha value is -2.08. The summed E-state index contributed by atoms with van der Waals surface area (Å²) < 4.78 is 0. The molecule has 2 rings (SSSR count). The van der Waals surface area contributed by atoms with Crippen molar-refractivity contribution in [2.24, 2.45) is 4.99 Å². The predicted octanol–water partition coefficient (Wildman–Crippen LogP) is 3.20. The molecule has 0 aliphatic carbocycles. The molecule has 6 heteroatoms. The van der Waals surface area contributed by atoms with E-state index in [0.717, 1.165) is 62.3 Å². The topological polar surface area (TPSA) is 77.0 Å². The van der Waals surface area contributed by atoms with Gasteiger partial charge in [0.15, 0.2) is 5.96 Å². The molecule has 1 amide bonds. The maximum Gasteiger partial charge on any atom is 0.222 e. The van der Waals surface area contributed by atoms with Crippen molar-refractivity contribution < 1.29 is 9.90 Å². The van der Waals surface area contributed by atoms with Gasteiger partial charge in [0.1, 0.15) is 0 Å². The average molecular weight is 403 g/mol. The number of rotatable bonds is 11. The molecule has 1 aromatic rings. The Balaban J connectivity index is 1.92. The molecule has 162 valence electrons. The molecule has 0 unspecified atom stereocenters. The zero-order chi connectivity index (χ0) is 21.1. The molecule has 0 spiro atoms. The van der Waals surface area contributed by atoms with Crippen LogP contribution >= 0.6 is 0 Å². The van der Waals surface area contributed by atoms with Gasteiger partial charge in [-0.25, -0.2) is 4.99 Å². The molecule has 0 saturated carbocycles. The highest BCUT2D eigenvalue weighted by Crippen LogP contribution is 2.18. The van der Waals surface area contributed by atoms with E-state index in [1.54, 1.807) is 0 Å². The third kappa shape index (κ3) is 7.69. The zero-order valence-corrected chi connectivity index (χ0v) is 18.3. The lowest BCUT2D eigenvalue weighted by Crippen LogP contribution is -2.47. The molecule has 0 atom stereocenters. The molecule has 1 aliphatic heterocycles. The van der Waals surface area contributed by atoms with E-state index in [2.05, 4.69) is 53.7 Å². The molecule has 1 heterocycles. The van der Waals surface area contributed by atoms with Crippen LogP contribution in [-0.4, -0.2) is 47.1 Å². The highest BCUT2D eigenvalue weighted by molar-refractivity contribution is 5.79. The number of nitrogens with one attached hydrogen (secondary N) is 2. The van der Waals surface area contributed by atoms with Crippen molar-refractivity contribution in [1.29, 1.82) is 0 Å². The molecule has 0 aromatic heterocycles. The summed E-state index contributed by atoms with van der Waals surface area (Å²) in [5.41, 5.74) is 1.59. The van der Waals surface area contributed by atoms with E-state index in [0.29, 0.717) is 26.1 Å². The second-order valence-corrected chi connectivity index (χ2v) is 8.01. The van der Waals surface area contributed by atoms with Gasteiger partial charge in [-0.05, 0) is 37.3 Å². The number of hydrogen-bond donors (Lipinski definition) is 3. The minimum atomic E-state index is -0.686. The maximum absolute atomic E-state index is 11.8. The largest absolute Gasteiger partial charge is 0.388 e. The molecule has 1 fully saturated rings. The van der Waals surface area contributed by atoms with Crippen molar-refractivity contribution in [3.63, 3.8) is 0 Å². The lowest BCUT2D eigenvalue weighted by Gasteiger charge is -2.28. The number of hydrogen-bond acceptors (Lipinski definition) is 3. The number of benzene rings is 1. The van der Waals surface area contributed by atoms with Gasteiger partial charge in [0, 0.05) is 32.6 Å². The first-order valence-corrected chi connectivity index (χ1v) is 11.1. The number of carbonyl (C=O) groups excluding carboxylic acids is 1. The van der Waals surface area contributed by atoms with E-state index in [1.165, 1.54) is 0 Å². The summed E-state index contributed by atoms with van der Waals surface area (Å²) >= 11 is 0. The van der Waals surface area contributed by atoms with Crippen molar-refractivity contribution in [3.05, 3.63) is 35.4 Å². The zero-order valence-electron chi connectivity index (χ0n) is 18.3. The summed E-state index contributed by atoms with van der Waals surface area (Å²) in [5.74, 6) is 0.982. The summed E-state index contributed by atoms with van der Waals surface area (Å²) in [4.78, 5) is 18.4. The Kier molecular flexibility index (Phi) is 9.45. The summed E-state index contributed by atoms with van der Waals surface area (Å²) in [7, 11) is 0. The van der Waals surface area contributed by atoms with Crippen LogP contribution in [0.2, 0.25) is 0 Å². The molecular weight excluding hydrogens is 364 g/mol. The van der Waals surface area contributed by atoms with Crippen molar-refractivity contribution in [3.8, 4) is 0 Å². The van der Waals surface area contributed by atoms with Crippen molar-refractivity contribution in [2.45, 2.75) is 78.0 Å². The average Bonchev–Trinajstić information content (AvgIpc) is 3.10. The summed E-state index contributed by atoms with van der Waals surface area (Å²) in [6.45, 7) is 9.64. The third-order valence-electron chi connectivity index (χ3n) is 5.35. The van der Waals surface area contributed by atoms with Crippen LogP contribution in [0.4, 0.5) is 0 Å². The summed E-state index contributed by atoms with van der Waals surface area (Å²) in [6.07, 6.45) is 5.14. The molecule has 0 radical (unpaired) electrons. The second-order valence-electron chi connectivity index (χ2n) is 8.01. The van der Waals surface area contributed by atoms with Crippen LogP contribution in [0.3, 0.4) is 0 Å². The fourth-order valence-corrected chi connectivity index (χ4v) is 3.83. The number of aliphatic hydroxyl groups is 1. The van der Waals surface area contributed by atoms with Crippen molar-refractivity contribution >= 4 is 11.9 Å². The number of carbonyl (C=O) groups is 1. The van der Waals surface area contributed by atoms with Crippen LogP contribution in [0.5, 0.6) is 0 Å². The summed E-state index contributed by atoms with van der Waals surface area (Å²) in [5, 5.41) is 17.4. The first kappa shape index (κ1) is 23.2. The molecule has 0 bridgehead atoms. The van der Waals surface area contributed by atoms with Gasteiger partial charge in [0.05, 0.1) is 12.1 Å².